The van der Waals surface area contributed by atoms with Crippen LogP contribution in [0.5, 0.6) is 0 Å². The summed E-state index contributed by atoms with van der Waals surface area (Å²) in [5.74, 6) is 0.0706. The zero-order chi connectivity index (χ0) is 17.1. The van der Waals surface area contributed by atoms with Gasteiger partial charge in [-0.05, 0) is 42.5 Å². The molecule has 1 amide bonds. The van der Waals surface area contributed by atoms with Crippen LogP contribution in [0.25, 0.3) is 10.9 Å². The van der Waals surface area contributed by atoms with Gasteiger partial charge in [-0.2, -0.15) is 0 Å². The smallest absolute Gasteiger partial charge is 0.240 e. The van der Waals surface area contributed by atoms with Gasteiger partial charge >= 0.3 is 0 Å². The molecule has 2 heterocycles. The zero-order valence-electron chi connectivity index (χ0n) is 14.3. The van der Waals surface area contributed by atoms with Crippen molar-refractivity contribution in [1.29, 1.82) is 0 Å². The number of fused-ring (bicyclic) bond motifs is 1. The number of amides is 1. The molecule has 25 heavy (non-hydrogen) atoms. The van der Waals surface area contributed by atoms with Crippen LogP contribution in [0.3, 0.4) is 0 Å². The molecule has 1 saturated heterocycles. The van der Waals surface area contributed by atoms with Crippen LogP contribution >= 0.6 is 0 Å². The fourth-order valence-corrected chi connectivity index (χ4v) is 3.73. The lowest BCUT2D eigenvalue weighted by atomic mass is 10.2. The van der Waals surface area contributed by atoms with Crippen molar-refractivity contribution >= 4 is 22.5 Å². The van der Waals surface area contributed by atoms with Gasteiger partial charge < -0.3 is 14.8 Å². The number of nitrogens with zero attached hydrogens (tertiary/aromatic N) is 2. The summed E-state index contributed by atoms with van der Waals surface area (Å²) in [4.78, 5) is 14.8. The Morgan fingerprint density at radius 1 is 1.04 bits per heavy atom. The molecule has 1 fully saturated rings. The number of carbonyl (C=O) groups excluding carboxylic acids is 1. The summed E-state index contributed by atoms with van der Waals surface area (Å²) in [5, 5.41) is 4.29. The lowest BCUT2D eigenvalue weighted by Crippen LogP contribution is -2.41. The minimum absolute atomic E-state index is 0.0706. The van der Waals surface area contributed by atoms with E-state index in [4.69, 9.17) is 0 Å². The van der Waals surface area contributed by atoms with E-state index in [1.165, 1.54) is 17.5 Å². The van der Waals surface area contributed by atoms with Gasteiger partial charge in [0.25, 0.3) is 0 Å². The Kier molecular flexibility index (Phi) is 4.42. The number of anilines is 1. The highest BCUT2D eigenvalue weighted by Gasteiger charge is 2.24. The van der Waals surface area contributed by atoms with E-state index in [1.807, 2.05) is 29.0 Å². The molecule has 0 radical (unpaired) electrons. The molecule has 128 valence electrons. The lowest BCUT2D eigenvalue weighted by molar-refractivity contribution is -0.121. The number of hydrogen-bond acceptors (Lipinski definition) is 2. The Labute approximate surface area is 148 Å². The summed E-state index contributed by atoms with van der Waals surface area (Å²) in [7, 11) is 0. The quantitative estimate of drug-likeness (QED) is 0.777. The molecule has 1 N–H and O–H groups in total. The van der Waals surface area contributed by atoms with Gasteiger partial charge in [0, 0.05) is 36.5 Å². The normalized spacial score (nSPS) is 17.1. The Morgan fingerprint density at radius 2 is 1.84 bits per heavy atom. The SMILES string of the molecule is O=C(Cn1ccc2ccccc21)NC[C@H]1CCCN1c1ccccc1. The van der Waals surface area contributed by atoms with Crippen molar-refractivity contribution in [2.24, 2.45) is 0 Å². The van der Waals surface area contributed by atoms with E-state index in [9.17, 15) is 4.79 Å². The van der Waals surface area contributed by atoms with Crippen molar-refractivity contribution in [1.82, 2.24) is 9.88 Å². The number of hydrogen-bond donors (Lipinski definition) is 1. The molecular weight excluding hydrogens is 310 g/mol. The number of benzene rings is 2. The molecule has 0 aliphatic carbocycles. The third-order valence-corrected chi connectivity index (χ3v) is 4.99. The summed E-state index contributed by atoms with van der Waals surface area (Å²) < 4.78 is 2.01. The minimum Gasteiger partial charge on any atom is -0.367 e. The summed E-state index contributed by atoms with van der Waals surface area (Å²) >= 11 is 0. The standard InChI is InChI=1S/C21H23N3O/c25-21(16-23-14-12-17-7-4-5-11-20(17)23)22-15-19-10-6-13-24(19)18-8-2-1-3-9-18/h1-5,7-9,11-12,14,19H,6,10,13,15-16H2,(H,22,25)/t19-/m1/s1. The highest BCUT2D eigenvalue weighted by atomic mass is 16.1. The molecular formula is C21H23N3O. The molecule has 0 unspecified atom stereocenters. The predicted octanol–water partition coefficient (Wildman–Crippen LogP) is 3.43. The van der Waals surface area contributed by atoms with E-state index in [-0.39, 0.29) is 5.91 Å². The Morgan fingerprint density at radius 3 is 2.72 bits per heavy atom. The Balaban J connectivity index is 1.37. The van der Waals surface area contributed by atoms with Gasteiger partial charge in [-0.3, -0.25) is 4.79 Å². The monoisotopic (exact) mass is 333 g/mol. The first kappa shape index (κ1) is 15.8. The van der Waals surface area contributed by atoms with E-state index in [2.05, 4.69) is 52.7 Å². The number of nitrogens with one attached hydrogen (secondary N) is 1. The maximum absolute atomic E-state index is 12.4. The van der Waals surface area contributed by atoms with E-state index in [0.717, 1.165) is 18.5 Å². The number of carbonyl (C=O) groups is 1. The van der Waals surface area contributed by atoms with Gasteiger partial charge in [0.2, 0.25) is 5.91 Å². The molecule has 1 atom stereocenters. The van der Waals surface area contributed by atoms with Gasteiger partial charge in [0.1, 0.15) is 6.54 Å². The average Bonchev–Trinajstić information content (AvgIpc) is 3.28. The van der Waals surface area contributed by atoms with Gasteiger partial charge in [0.05, 0.1) is 0 Å². The van der Waals surface area contributed by atoms with E-state index < -0.39 is 0 Å². The molecule has 4 heteroatoms. The first-order valence-corrected chi connectivity index (χ1v) is 8.93. The van der Waals surface area contributed by atoms with Crippen LogP contribution in [-0.4, -0.2) is 29.6 Å². The maximum Gasteiger partial charge on any atom is 0.240 e. The zero-order valence-corrected chi connectivity index (χ0v) is 14.3. The molecule has 1 aromatic heterocycles. The summed E-state index contributed by atoms with van der Waals surface area (Å²) in [6.07, 6.45) is 4.29. The van der Waals surface area contributed by atoms with Crippen LogP contribution in [-0.2, 0) is 11.3 Å². The highest BCUT2D eigenvalue weighted by Crippen LogP contribution is 2.24. The Hall–Kier alpha value is -2.75. The Bertz CT molecular complexity index is 856. The van der Waals surface area contributed by atoms with Crippen molar-refractivity contribution in [3.8, 4) is 0 Å². The third-order valence-electron chi connectivity index (χ3n) is 4.99. The third kappa shape index (κ3) is 3.38. The lowest BCUT2D eigenvalue weighted by Gasteiger charge is -2.27. The second kappa shape index (κ2) is 7.01. The summed E-state index contributed by atoms with van der Waals surface area (Å²) in [5.41, 5.74) is 2.35. The van der Waals surface area contributed by atoms with Crippen LogP contribution in [0.1, 0.15) is 12.8 Å². The minimum atomic E-state index is 0.0706. The van der Waals surface area contributed by atoms with Crippen molar-refractivity contribution < 1.29 is 4.79 Å². The number of aromatic nitrogens is 1. The molecule has 0 saturated carbocycles. The molecule has 4 nitrogen and oxygen atoms in total. The highest BCUT2D eigenvalue weighted by molar-refractivity contribution is 5.83. The molecule has 0 bridgehead atoms. The van der Waals surface area contributed by atoms with Crippen molar-refractivity contribution in [2.75, 3.05) is 18.0 Å². The van der Waals surface area contributed by atoms with E-state index in [0.29, 0.717) is 19.1 Å². The fourth-order valence-electron chi connectivity index (χ4n) is 3.73. The van der Waals surface area contributed by atoms with E-state index in [1.54, 1.807) is 0 Å². The topological polar surface area (TPSA) is 37.3 Å². The largest absolute Gasteiger partial charge is 0.367 e. The van der Waals surface area contributed by atoms with Crippen molar-refractivity contribution in [3.05, 3.63) is 66.9 Å². The van der Waals surface area contributed by atoms with Crippen molar-refractivity contribution in [3.63, 3.8) is 0 Å². The fraction of sp³-hybridized carbons (Fsp3) is 0.286. The molecule has 0 spiro atoms. The van der Waals surface area contributed by atoms with Gasteiger partial charge in [0.15, 0.2) is 0 Å². The van der Waals surface area contributed by atoms with Gasteiger partial charge in [-0.1, -0.05) is 36.4 Å². The van der Waals surface area contributed by atoms with Gasteiger partial charge in [-0.25, -0.2) is 0 Å². The molecule has 1 aliphatic rings. The average molecular weight is 333 g/mol. The van der Waals surface area contributed by atoms with Crippen LogP contribution in [0.4, 0.5) is 5.69 Å². The second-order valence-corrected chi connectivity index (χ2v) is 6.63. The molecule has 4 rings (SSSR count). The van der Waals surface area contributed by atoms with Crippen LogP contribution in [0, 0.1) is 0 Å². The predicted molar refractivity (Wildman–Crippen MR) is 102 cm³/mol. The summed E-state index contributed by atoms with van der Waals surface area (Å²) in [6.45, 7) is 2.13. The summed E-state index contributed by atoms with van der Waals surface area (Å²) in [6, 6.07) is 21.1. The first-order chi connectivity index (χ1) is 12.3. The maximum atomic E-state index is 12.4. The molecule has 3 aromatic rings. The van der Waals surface area contributed by atoms with E-state index >= 15 is 0 Å². The van der Waals surface area contributed by atoms with Crippen LogP contribution in [0.15, 0.2) is 66.9 Å². The van der Waals surface area contributed by atoms with Crippen molar-refractivity contribution in [2.45, 2.75) is 25.4 Å². The molecule has 1 aliphatic heterocycles. The number of rotatable bonds is 5. The first-order valence-electron chi connectivity index (χ1n) is 8.93. The second-order valence-electron chi connectivity index (χ2n) is 6.63. The molecule has 2 aromatic carbocycles. The number of para-hydroxylation sites is 2. The van der Waals surface area contributed by atoms with Crippen LogP contribution < -0.4 is 10.2 Å². The van der Waals surface area contributed by atoms with Crippen LogP contribution in [0.2, 0.25) is 0 Å². The van der Waals surface area contributed by atoms with Gasteiger partial charge in [-0.15, -0.1) is 0 Å².